The molecule has 0 aliphatic carbocycles. The van der Waals surface area contributed by atoms with E-state index in [0.717, 1.165) is 5.76 Å². The first-order valence-electron chi connectivity index (χ1n) is 3.97. The summed E-state index contributed by atoms with van der Waals surface area (Å²) in [6.07, 6.45) is 0.715. The van der Waals surface area contributed by atoms with Crippen LogP contribution in [0.2, 0.25) is 0 Å². The molecule has 0 unspecified atom stereocenters. The molecule has 12 heavy (non-hydrogen) atoms. The van der Waals surface area contributed by atoms with Crippen LogP contribution < -0.4 is 5.43 Å². The van der Waals surface area contributed by atoms with E-state index in [2.05, 4.69) is 0 Å². The first-order valence-corrected chi connectivity index (χ1v) is 3.97. The molecule has 1 aliphatic heterocycles. The second kappa shape index (κ2) is 2.75. The average molecular weight is 166 g/mol. The smallest absolute Gasteiger partial charge is 0.190 e. The van der Waals surface area contributed by atoms with Crippen molar-refractivity contribution in [1.82, 2.24) is 0 Å². The molecule has 0 spiro atoms. The second-order valence-corrected chi connectivity index (χ2v) is 2.93. The molecule has 0 N–H and O–H groups in total. The van der Waals surface area contributed by atoms with Gasteiger partial charge in [0.15, 0.2) is 5.43 Å². The first-order chi connectivity index (χ1) is 5.77. The average Bonchev–Trinajstić information content (AvgIpc) is 2.04. The van der Waals surface area contributed by atoms with E-state index in [-0.39, 0.29) is 5.43 Å². The lowest BCUT2D eigenvalue weighted by Crippen LogP contribution is -2.19. The second-order valence-electron chi connectivity index (χ2n) is 2.93. The summed E-state index contributed by atoms with van der Waals surface area (Å²) in [7, 11) is 0. The predicted molar refractivity (Wildman–Crippen MR) is 43.1 cm³/mol. The number of hydrogen-bond donors (Lipinski definition) is 0. The minimum Gasteiger partial charge on any atom is -0.466 e. The van der Waals surface area contributed by atoms with Gasteiger partial charge in [-0.3, -0.25) is 4.79 Å². The summed E-state index contributed by atoms with van der Waals surface area (Å²) < 4.78 is 10.6. The Hall–Kier alpha value is -1.09. The summed E-state index contributed by atoms with van der Waals surface area (Å²) in [5.74, 6) is 1.48. The molecule has 0 fully saturated rings. The Morgan fingerprint density at radius 1 is 1.50 bits per heavy atom. The fourth-order valence-corrected chi connectivity index (χ4v) is 1.39. The fraction of sp³-hybridized carbons (Fsp3) is 0.444. The number of aryl methyl sites for hydroxylation is 1. The van der Waals surface area contributed by atoms with Crippen molar-refractivity contribution in [3.05, 3.63) is 33.4 Å². The van der Waals surface area contributed by atoms with Gasteiger partial charge >= 0.3 is 0 Å². The molecule has 0 aromatic carbocycles. The summed E-state index contributed by atoms with van der Waals surface area (Å²) in [6.45, 7) is 2.84. The van der Waals surface area contributed by atoms with Gasteiger partial charge in [-0.25, -0.2) is 0 Å². The third-order valence-electron chi connectivity index (χ3n) is 1.97. The van der Waals surface area contributed by atoms with Gasteiger partial charge in [0, 0.05) is 12.5 Å². The Morgan fingerprint density at radius 2 is 2.33 bits per heavy atom. The lowest BCUT2D eigenvalue weighted by atomic mass is 10.1. The SMILES string of the molecule is Cc1cc(=O)c2c(o1)CCOC2. The Morgan fingerprint density at radius 3 is 3.17 bits per heavy atom. The highest BCUT2D eigenvalue weighted by atomic mass is 16.5. The van der Waals surface area contributed by atoms with Crippen LogP contribution in [0.1, 0.15) is 17.1 Å². The molecule has 3 nitrogen and oxygen atoms in total. The lowest BCUT2D eigenvalue weighted by Gasteiger charge is -2.13. The third kappa shape index (κ3) is 1.16. The molecule has 3 heteroatoms. The van der Waals surface area contributed by atoms with Crippen LogP contribution in [0.4, 0.5) is 0 Å². The van der Waals surface area contributed by atoms with Crippen LogP contribution in [-0.2, 0) is 17.8 Å². The molecule has 64 valence electrons. The van der Waals surface area contributed by atoms with Crippen molar-refractivity contribution >= 4 is 0 Å². The van der Waals surface area contributed by atoms with E-state index < -0.39 is 0 Å². The summed E-state index contributed by atoms with van der Waals surface area (Å²) >= 11 is 0. The van der Waals surface area contributed by atoms with E-state index in [1.807, 2.05) is 0 Å². The van der Waals surface area contributed by atoms with Gasteiger partial charge in [0.2, 0.25) is 0 Å². The normalized spacial score (nSPS) is 15.8. The Labute approximate surface area is 70.0 Å². The van der Waals surface area contributed by atoms with E-state index in [4.69, 9.17) is 9.15 Å². The first kappa shape index (κ1) is 7.55. The lowest BCUT2D eigenvalue weighted by molar-refractivity contribution is 0.0995. The Kier molecular flexibility index (Phi) is 1.73. The number of rotatable bonds is 0. The predicted octanol–water partition coefficient (Wildman–Crippen LogP) is 1.02. The summed E-state index contributed by atoms with van der Waals surface area (Å²) in [6, 6.07) is 1.51. The topological polar surface area (TPSA) is 39.4 Å². The summed E-state index contributed by atoms with van der Waals surface area (Å²) in [4.78, 5) is 11.3. The summed E-state index contributed by atoms with van der Waals surface area (Å²) in [5, 5.41) is 0. The number of ether oxygens (including phenoxy) is 1. The zero-order valence-corrected chi connectivity index (χ0v) is 6.92. The van der Waals surface area contributed by atoms with Gasteiger partial charge in [-0.1, -0.05) is 0 Å². The molecular formula is C9H10O3. The van der Waals surface area contributed by atoms with Crippen LogP contribution in [0.5, 0.6) is 0 Å². The van der Waals surface area contributed by atoms with Gasteiger partial charge < -0.3 is 9.15 Å². The number of fused-ring (bicyclic) bond motifs is 1. The molecular weight excluding hydrogens is 156 g/mol. The van der Waals surface area contributed by atoms with Crippen LogP contribution >= 0.6 is 0 Å². The highest BCUT2D eigenvalue weighted by molar-refractivity contribution is 5.20. The van der Waals surface area contributed by atoms with Gasteiger partial charge in [-0.2, -0.15) is 0 Å². The van der Waals surface area contributed by atoms with Crippen molar-refractivity contribution in [2.75, 3.05) is 6.61 Å². The Bertz CT molecular complexity index is 351. The van der Waals surface area contributed by atoms with Gasteiger partial charge in [0.25, 0.3) is 0 Å². The highest BCUT2D eigenvalue weighted by Gasteiger charge is 2.14. The van der Waals surface area contributed by atoms with Crippen LogP contribution in [0.25, 0.3) is 0 Å². The minimum absolute atomic E-state index is 0.0356. The van der Waals surface area contributed by atoms with Crippen molar-refractivity contribution in [2.24, 2.45) is 0 Å². The molecule has 0 radical (unpaired) electrons. The largest absolute Gasteiger partial charge is 0.466 e. The number of hydrogen-bond acceptors (Lipinski definition) is 3. The molecule has 0 bridgehead atoms. The van der Waals surface area contributed by atoms with Crippen molar-refractivity contribution < 1.29 is 9.15 Å². The van der Waals surface area contributed by atoms with E-state index >= 15 is 0 Å². The summed E-state index contributed by atoms with van der Waals surface area (Å²) in [5.41, 5.74) is 0.723. The van der Waals surface area contributed by atoms with Gasteiger partial charge in [0.1, 0.15) is 11.5 Å². The zero-order chi connectivity index (χ0) is 8.55. The van der Waals surface area contributed by atoms with Crippen LogP contribution in [-0.4, -0.2) is 6.61 Å². The van der Waals surface area contributed by atoms with E-state index in [1.165, 1.54) is 6.07 Å². The quantitative estimate of drug-likeness (QED) is 0.577. The third-order valence-corrected chi connectivity index (χ3v) is 1.97. The van der Waals surface area contributed by atoms with Crippen molar-refractivity contribution in [3.63, 3.8) is 0 Å². The van der Waals surface area contributed by atoms with Crippen molar-refractivity contribution in [2.45, 2.75) is 20.0 Å². The van der Waals surface area contributed by atoms with Crippen molar-refractivity contribution in [3.8, 4) is 0 Å². The maximum absolute atomic E-state index is 11.3. The maximum atomic E-state index is 11.3. The van der Waals surface area contributed by atoms with Gasteiger partial charge in [-0.05, 0) is 6.92 Å². The van der Waals surface area contributed by atoms with Crippen molar-refractivity contribution in [1.29, 1.82) is 0 Å². The van der Waals surface area contributed by atoms with Gasteiger partial charge in [0.05, 0.1) is 18.8 Å². The van der Waals surface area contributed by atoms with Crippen LogP contribution in [0.3, 0.4) is 0 Å². The molecule has 2 heterocycles. The monoisotopic (exact) mass is 166 g/mol. The molecule has 0 saturated carbocycles. The maximum Gasteiger partial charge on any atom is 0.190 e. The standard InChI is InChI=1S/C9H10O3/c1-6-4-8(10)7-5-11-3-2-9(7)12-6/h4H,2-3,5H2,1H3. The van der Waals surface area contributed by atoms with Gasteiger partial charge in [-0.15, -0.1) is 0 Å². The Balaban J connectivity index is 2.60. The molecule has 0 amide bonds. The van der Waals surface area contributed by atoms with E-state index in [0.29, 0.717) is 31.0 Å². The fourth-order valence-electron chi connectivity index (χ4n) is 1.39. The minimum atomic E-state index is 0.0356. The van der Waals surface area contributed by atoms with Crippen LogP contribution in [0, 0.1) is 6.92 Å². The molecule has 0 atom stereocenters. The van der Waals surface area contributed by atoms with Crippen LogP contribution in [0.15, 0.2) is 15.3 Å². The van der Waals surface area contributed by atoms with E-state index in [1.54, 1.807) is 6.92 Å². The molecule has 1 aromatic heterocycles. The molecule has 2 rings (SSSR count). The zero-order valence-electron chi connectivity index (χ0n) is 6.92. The van der Waals surface area contributed by atoms with E-state index in [9.17, 15) is 4.79 Å². The highest BCUT2D eigenvalue weighted by Crippen LogP contribution is 2.13. The molecule has 0 saturated heterocycles. The molecule has 1 aliphatic rings. The molecule has 1 aromatic rings.